The van der Waals surface area contributed by atoms with E-state index in [4.69, 9.17) is 4.74 Å². The van der Waals surface area contributed by atoms with E-state index in [0.717, 1.165) is 11.6 Å². The molecule has 1 N–H and O–H groups in total. The van der Waals surface area contributed by atoms with Crippen LogP contribution >= 0.6 is 0 Å². The molecular formula is C14H23N3O2. The van der Waals surface area contributed by atoms with E-state index in [2.05, 4.69) is 17.3 Å². The summed E-state index contributed by atoms with van der Waals surface area (Å²) in [5, 5.41) is 7.61. The number of nitrogens with one attached hydrogen (secondary N) is 1. The van der Waals surface area contributed by atoms with Crippen molar-refractivity contribution in [1.29, 1.82) is 0 Å². The van der Waals surface area contributed by atoms with Gasteiger partial charge in [0.25, 0.3) is 0 Å². The fourth-order valence-electron chi connectivity index (χ4n) is 2.26. The van der Waals surface area contributed by atoms with Crippen LogP contribution in [0.15, 0.2) is 6.20 Å². The lowest BCUT2D eigenvalue weighted by atomic mass is 10.1. The van der Waals surface area contributed by atoms with E-state index < -0.39 is 0 Å². The summed E-state index contributed by atoms with van der Waals surface area (Å²) < 4.78 is 6.78. The van der Waals surface area contributed by atoms with Crippen LogP contribution in [0.1, 0.15) is 49.2 Å². The zero-order valence-corrected chi connectivity index (χ0v) is 12.0. The minimum atomic E-state index is -0.290. The average molecular weight is 265 g/mol. The lowest BCUT2D eigenvalue weighted by Crippen LogP contribution is -2.28. The monoisotopic (exact) mass is 265 g/mol. The lowest BCUT2D eigenvalue weighted by Gasteiger charge is -2.14. The van der Waals surface area contributed by atoms with Crippen molar-refractivity contribution in [2.75, 3.05) is 6.61 Å². The standard InChI is InChI=1S/C14H23N3O2/c1-4-19-14(18)12-8-16-17(3)13(12)9-15-10(2)7-11-5-6-11/h8,10-11,15H,4-7,9H2,1-3H3. The Labute approximate surface area is 114 Å². The van der Waals surface area contributed by atoms with Crippen LogP contribution in [0.2, 0.25) is 0 Å². The van der Waals surface area contributed by atoms with Gasteiger partial charge >= 0.3 is 5.97 Å². The third-order valence-electron chi connectivity index (χ3n) is 3.56. The number of hydrogen-bond acceptors (Lipinski definition) is 4. The first kappa shape index (κ1) is 14.1. The molecule has 1 heterocycles. The van der Waals surface area contributed by atoms with E-state index in [-0.39, 0.29) is 5.97 Å². The van der Waals surface area contributed by atoms with Gasteiger partial charge in [-0.2, -0.15) is 5.10 Å². The molecule has 5 heteroatoms. The number of esters is 1. The second-order valence-corrected chi connectivity index (χ2v) is 5.31. The van der Waals surface area contributed by atoms with Crippen LogP contribution in [0.4, 0.5) is 0 Å². The van der Waals surface area contributed by atoms with Gasteiger partial charge in [0.15, 0.2) is 0 Å². The zero-order valence-electron chi connectivity index (χ0n) is 12.0. The summed E-state index contributed by atoms with van der Waals surface area (Å²) >= 11 is 0. The van der Waals surface area contributed by atoms with Gasteiger partial charge in [0.05, 0.1) is 18.5 Å². The average Bonchev–Trinajstić information content (AvgIpc) is 3.09. The summed E-state index contributed by atoms with van der Waals surface area (Å²) in [6.07, 6.45) is 5.53. The molecule has 0 amide bonds. The maximum absolute atomic E-state index is 11.8. The normalized spacial score (nSPS) is 16.4. The predicted molar refractivity (Wildman–Crippen MR) is 72.8 cm³/mol. The number of rotatable bonds is 7. The zero-order chi connectivity index (χ0) is 13.8. The molecule has 0 aromatic carbocycles. The van der Waals surface area contributed by atoms with E-state index in [0.29, 0.717) is 24.8 Å². The van der Waals surface area contributed by atoms with Gasteiger partial charge in [0, 0.05) is 19.6 Å². The molecular weight excluding hydrogens is 242 g/mol. The minimum Gasteiger partial charge on any atom is -0.462 e. The molecule has 1 unspecified atom stereocenters. The largest absolute Gasteiger partial charge is 0.462 e. The highest BCUT2D eigenvalue weighted by Gasteiger charge is 2.24. The molecule has 1 atom stereocenters. The highest BCUT2D eigenvalue weighted by atomic mass is 16.5. The van der Waals surface area contributed by atoms with E-state index >= 15 is 0 Å². The molecule has 0 bridgehead atoms. The first-order valence-electron chi connectivity index (χ1n) is 7.03. The Morgan fingerprint density at radius 1 is 1.63 bits per heavy atom. The number of ether oxygens (including phenoxy) is 1. The van der Waals surface area contributed by atoms with Crippen molar-refractivity contribution in [1.82, 2.24) is 15.1 Å². The van der Waals surface area contributed by atoms with Crippen molar-refractivity contribution in [3.05, 3.63) is 17.5 Å². The van der Waals surface area contributed by atoms with Crippen molar-refractivity contribution >= 4 is 5.97 Å². The van der Waals surface area contributed by atoms with Crippen LogP contribution in [0.3, 0.4) is 0 Å². The van der Waals surface area contributed by atoms with E-state index in [1.165, 1.54) is 19.3 Å². The van der Waals surface area contributed by atoms with Crippen molar-refractivity contribution < 1.29 is 9.53 Å². The molecule has 0 spiro atoms. The molecule has 2 rings (SSSR count). The van der Waals surface area contributed by atoms with Crippen LogP contribution in [0, 0.1) is 5.92 Å². The van der Waals surface area contributed by atoms with Crippen molar-refractivity contribution in [3.8, 4) is 0 Å². The van der Waals surface area contributed by atoms with Gasteiger partial charge in [-0.15, -0.1) is 0 Å². The van der Waals surface area contributed by atoms with Gasteiger partial charge in [0.2, 0.25) is 0 Å². The first-order chi connectivity index (χ1) is 9.11. The van der Waals surface area contributed by atoms with Gasteiger partial charge in [-0.25, -0.2) is 4.79 Å². The van der Waals surface area contributed by atoms with E-state index in [1.54, 1.807) is 10.9 Å². The topological polar surface area (TPSA) is 56.1 Å². The summed E-state index contributed by atoms with van der Waals surface area (Å²) in [6.45, 7) is 5.04. The summed E-state index contributed by atoms with van der Waals surface area (Å²) in [5.41, 5.74) is 1.46. The van der Waals surface area contributed by atoms with Gasteiger partial charge < -0.3 is 10.1 Å². The molecule has 0 aliphatic heterocycles. The second-order valence-electron chi connectivity index (χ2n) is 5.31. The highest BCUT2D eigenvalue weighted by molar-refractivity contribution is 5.90. The summed E-state index contributed by atoms with van der Waals surface area (Å²) in [6, 6.07) is 0.470. The Bertz CT molecular complexity index is 438. The number of aryl methyl sites for hydroxylation is 1. The molecule has 5 nitrogen and oxygen atoms in total. The highest BCUT2D eigenvalue weighted by Crippen LogP contribution is 2.33. The second kappa shape index (κ2) is 6.19. The van der Waals surface area contributed by atoms with Crippen molar-refractivity contribution in [2.24, 2.45) is 13.0 Å². The molecule has 0 saturated heterocycles. The number of carbonyl (C=O) groups excluding carboxylic acids is 1. The number of nitrogens with zero attached hydrogens (tertiary/aromatic N) is 2. The molecule has 106 valence electrons. The summed E-state index contributed by atoms with van der Waals surface area (Å²) in [5.74, 6) is 0.612. The third kappa shape index (κ3) is 3.80. The van der Waals surface area contributed by atoms with Crippen LogP contribution in [0.25, 0.3) is 0 Å². The van der Waals surface area contributed by atoms with Gasteiger partial charge in [-0.1, -0.05) is 12.8 Å². The fraction of sp³-hybridized carbons (Fsp3) is 0.714. The Morgan fingerprint density at radius 3 is 3.00 bits per heavy atom. The number of aromatic nitrogens is 2. The molecule has 19 heavy (non-hydrogen) atoms. The van der Waals surface area contributed by atoms with Gasteiger partial charge in [-0.05, 0) is 26.2 Å². The maximum Gasteiger partial charge on any atom is 0.341 e. The minimum absolute atomic E-state index is 0.290. The smallest absolute Gasteiger partial charge is 0.341 e. The molecule has 0 radical (unpaired) electrons. The van der Waals surface area contributed by atoms with Crippen LogP contribution in [0.5, 0.6) is 0 Å². The molecule has 1 aliphatic carbocycles. The summed E-state index contributed by atoms with van der Waals surface area (Å²) in [7, 11) is 1.85. The predicted octanol–water partition coefficient (Wildman–Crippen LogP) is 1.87. The van der Waals surface area contributed by atoms with E-state index in [9.17, 15) is 4.79 Å². The molecule has 1 fully saturated rings. The molecule has 1 saturated carbocycles. The van der Waals surface area contributed by atoms with Crippen LogP contribution in [-0.4, -0.2) is 28.4 Å². The molecule has 1 aromatic heterocycles. The Morgan fingerprint density at radius 2 is 2.37 bits per heavy atom. The molecule has 1 aliphatic rings. The van der Waals surface area contributed by atoms with Crippen LogP contribution < -0.4 is 5.32 Å². The number of hydrogen-bond donors (Lipinski definition) is 1. The molecule has 1 aromatic rings. The fourth-order valence-corrected chi connectivity index (χ4v) is 2.26. The third-order valence-corrected chi connectivity index (χ3v) is 3.56. The van der Waals surface area contributed by atoms with Gasteiger partial charge in [-0.3, -0.25) is 4.68 Å². The van der Waals surface area contributed by atoms with Crippen molar-refractivity contribution in [2.45, 2.75) is 45.7 Å². The Hall–Kier alpha value is -1.36. The Balaban J connectivity index is 1.94. The SMILES string of the molecule is CCOC(=O)c1cnn(C)c1CNC(C)CC1CC1. The number of carbonyl (C=O) groups is 1. The lowest BCUT2D eigenvalue weighted by molar-refractivity contribution is 0.0524. The maximum atomic E-state index is 11.8. The summed E-state index contributed by atoms with van der Waals surface area (Å²) in [4.78, 5) is 11.8. The van der Waals surface area contributed by atoms with Crippen LogP contribution in [-0.2, 0) is 18.3 Å². The Kier molecular flexibility index (Phi) is 4.58. The van der Waals surface area contributed by atoms with E-state index in [1.807, 2.05) is 14.0 Å². The van der Waals surface area contributed by atoms with Crippen molar-refractivity contribution in [3.63, 3.8) is 0 Å². The van der Waals surface area contributed by atoms with Gasteiger partial charge in [0.1, 0.15) is 5.56 Å². The quantitative estimate of drug-likeness (QED) is 0.765. The first-order valence-corrected chi connectivity index (χ1v) is 7.03.